The fraction of sp³-hybridized carbons (Fsp3) is 1.00. The molecule has 14 heavy (non-hydrogen) atoms. The lowest BCUT2D eigenvalue weighted by molar-refractivity contribution is -0.000749. The van der Waals surface area contributed by atoms with E-state index in [1.807, 2.05) is 0 Å². The van der Waals surface area contributed by atoms with Gasteiger partial charge in [-0.2, -0.15) is 0 Å². The predicted molar refractivity (Wildman–Crippen MR) is 61.3 cm³/mol. The van der Waals surface area contributed by atoms with Crippen molar-refractivity contribution in [3.05, 3.63) is 0 Å². The highest BCUT2D eigenvalue weighted by molar-refractivity contribution is 5.11. The lowest BCUT2D eigenvalue weighted by Crippen LogP contribution is -2.48. The van der Waals surface area contributed by atoms with Gasteiger partial charge in [0.1, 0.15) is 0 Å². The normalized spacial score (nSPS) is 45.4. The van der Waals surface area contributed by atoms with Crippen molar-refractivity contribution in [2.75, 3.05) is 13.6 Å². The molecule has 82 valence electrons. The molecule has 2 fully saturated rings. The zero-order valence-electron chi connectivity index (χ0n) is 10.6. The van der Waals surface area contributed by atoms with Crippen LogP contribution in [0.25, 0.3) is 0 Å². The fourth-order valence-electron chi connectivity index (χ4n) is 4.16. The maximum absolute atomic E-state index is 2.59. The molecule has 0 amide bonds. The minimum atomic E-state index is 0.497. The minimum Gasteiger partial charge on any atom is -0.302 e. The van der Waals surface area contributed by atoms with Crippen LogP contribution in [0.3, 0.4) is 0 Å². The number of fused-ring (bicyclic) bond motifs is 2. The second kappa shape index (κ2) is 2.55. The average Bonchev–Trinajstić information content (AvgIpc) is 2.11. The highest BCUT2D eigenvalue weighted by Gasteiger charge is 2.59. The zero-order chi connectivity index (χ0) is 10.8. The van der Waals surface area contributed by atoms with Gasteiger partial charge in [0.15, 0.2) is 0 Å². The maximum Gasteiger partial charge on any atom is 0.0154 e. The molecule has 1 heteroatoms. The standard InChI is InChI=1S/C13H25N/c1-11(2)7-10-12(3,4)13(5,8-11)9-14(10)6/h10H,7-9H2,1-6H3. The van der Waals surface area contributed by atoms with Crippen molar-refractivity contribution >= 4 is 0 Å². The Morgan fingerprint density at radius 2 is 1.64 bits per heavy atom. The molecule has 0 N–H and O–H groups in total. The van der Waals surface area contributed by atoms with E-state index < -0.39 is 0 Å². The molecule has 0 radical (unpaired) electrons. The third kappa shape index (κ3) is 1.18. The van der Waals surface area contributed by atoms with E-state index in [9.17, 15) is 0 Å². The SMILES string of the molecule is CN1CC2(C)CC(C)(C)CC1C2(C)C. The monoisotopic (exact) mass is 195 g/mol. The lowest BCUT2D eigenvalue weighted by Gasteiger charge is -2.51. The van der Waals surface area contributed by atoms with Crippen molar-refractivity contribution in [3.63, 3.8) is 0 Å². The van der Waals surface area contributed by atoms with E-state index in [2.05, 4.69) is 46.6 Å². The molecule has 1 saturated carbocycles. The first-order valence-electron chi connectivity index (χ1n) is 5.88. The molecule has 0 spiro atoms. The molecule has 2 atom stereocenters. The molecule has 1 saturated heterocycles. The molecule has 1 heterocycles. The van der Waals surface area contributed by atoms with Crippen LogP contribution in [0.1, 0.15) is 47.5 Å². The highest BCUT2D eigenvalue weighted by Crippen LogP contribution is 2.61. The molecule has 0 aromatic carbocycles. The number of hydrogen-bond acceptors (Lipinski definition) is 1. The van der Waals surface area contributed by atoms with Crippen LogP contribution < -0.4 is 0 Å². The summed E-state index contributed by atoms with van der Waals surface area (Å²) in [5.41, 5.74) is 1.56. The van der Waals surface area contributed by atoms with Crippen LogP contribution >= 0.6 is 0 Å². The summed E-state index contributed by atoms with van der Waals surface area (Å²) in [7, 11) is 2.30. The minimum absolute atomic E-state index is 0.497. The molecule has 2 aliphatic rings. The molecule has 1 nitrogen and oxygen atoms in total. The van der Waals surface area contributed by atoms with Gasteiger partial charge < -0.3 is 4.90 Å². The van der Waals surface area contributed by atoms with Crippen molar-refractivity contribution in [2.45, 2.75) is 53.5 Å². The van der Waals surface area contributed by atoms with Gasteiger partial charge in [-0.3, -0.25) is 0 Å². The fourth-order valence-corrected chi connectivity index (χ4v) is 4.16. The third-order valence-electron chi connectivity index (χ3n) is 5.13. The quantitative estimate of drug-likeness (QED) is 0.574. The summed E-state index contributed by atoms with van der Waals surface area (Å²) in [6.07, 6.45) is 2.75. The molecule has 1 aliphatic carbocycles. The summed E-state index contributed by atoms with van der Waals surface area (Å²) >= 11 is 0. The van der Waals surface area contributed by atoms with Gasteiger partial charge in [0, 0.05) is 12.6 Å². The highest BCUT2D eigenvalue weighted by atomic mass is 15.2. The van der Waals surface area contributed by atoms with Crippen molar-refractivity contribution in [3.8, 4) is 0 Å². The molecule has 1 aliphatic heterocycles. The van der Waals surface area contributed by atoms with Gasteiger partial charge in [-0.25, -0.2) is 0 Å². The largest absolute Gasteiger partial charge is 0.302 e. The van der Waals surface area contributed by atoms with Crippen molar-refractivity contribution in [1.82, 2.24) is 4.90 Å². The first-order valence-corrected chi connectivity index (χ1v) is 5.88. The number of nitrogens with zero attached hydrogens (tertiary/aromatic N) is 1. The number of hydrogen-bond donors (Lipinski definition) is 0. The summed E-state index contributed by atoms with van der Waals surface area (Å²) < 4.78 is 0. The van der Waals surface area contributed by atoms with E-state index in [-0.39, 0.29) is 0 Å². The Morgan fingerprint density at radius 3 is 2.14 bits per heavy atom. The van der Waals surface area contributed by atoms with Crippen LogP contribution in [0.5, 0.6) is 0 Å². The Hall–Kier alpha value is -0.0400. The van der Waals surface area contributed by atoms with Gasteiger partial charge in [0.25, 0.3) is 0 Å². The van der Waals surface area contributed by atoms with E-state index in [1.165, 1.54) is 19.4 Å². The Bertz CT molecular complexity index is 254. The molecular weight excluding hydrogens is 170 g/mol. The summed E-state index contributed by atoms with van der Waals surface area (Å²) in [6.45, 7) is 13.6. The Balaban J connectivity index is 2.40. The summed E-state index contributed by atoms with van der Waals surface area (Å²) in [5, 5.41) is 0. The Labute approximate surface area is 88.9 Å². The van der Waals surface area contributed by atoms with Crippen LogP contribution in [0.15, 0.2) is 0 Å². The first-order chi connectivity index (χ1) is 6.18. The van der Waals surface area contributed by atoms with E-state index in [1.54, 1.807) is 0 Å². The number of likely N-dealkylation sites (tertiary alicyclic amines) is 1. The molecule has 2 unspecified atom stereocenters. The molecule has 0 aromatic rings. The topological polar surface area (TPSA) is 3.24 Å². The van der Waals surface area contributed by atoms with Crippen LogP contribution in [0.4, 0.5) is 0 Å². The second-order valence-corrected chi connectivity index (χ2v) is 7.26. The molecule has 2 bridgehead atoms. The Kier molecular flexibility index (Phi) is 1.91. The smallest absolute Gasteiger partial charge is 0.0154 e. The average molecular weight is 195 g/mol. The van der Waals surface area contributed by atoms with Crippen LogP contribution in [-0.4, -0.2) is 24.5 Å². The zero-order valence-corrected chi connectivity index (χ0v) is 10.6. The van der Waals surface area contributed by atoms with Gasteiger partial charge in [-0.1, -0.05) is 34.6 Å². The van der Waals surface area contributed by atoms with Crippen molar-refractivity contribution in [2.24, 2.45) is 16.2 Å². The second-order valence-electron chi connectivity index (χ2n) is 7.26. The van der Waals surface area contributed by atoms with Crippen molar-refractivity contribution in [1.29, 1.82) is 0 Å². The van der Waals surface area contributed by atoms with Crippen molar-refractivity contribution < 1.29 is 0 Å². The third-order valence-corrected chi connectivity index (χ3v) is 5.13. The van der Waals surface area contributed by atoms with Crippen LogP contribution in [0, 0.1) is 16.2 Å². The van der Waals surface area contributed by atoms with E-state index in [0.717, 1.165) is 6.04 Å². The number of rotatable bonds is 0. The summed E-state index contributed by atoms with van der Waals surface area (Å²) in [6, 6.07) is 0.788. The van der Waals surface area contributed by atoms with Gasteiger partial charge in [-0.05, 0) is 36.1 Å². The lowest BCUT2D eigenvalue weighted by atomic mass is 9.53. The van der Waals surface area contributed by atoms with Gasteiger partial charge in [0.2, 0.25) is 0 Å². The van der Waals surface area contributed by atoms with Crippen LogP contribution in [0.2, 0.25) is 0 Å². The predicted octanol–water partition coefficient (Wildman–Crippen LogP) is 3.15. The first kappa shape index (κ1) is 10.5. The van der Waals surface area contributed by atoms with Crippen LogP contribution in [-0.2, 0) is 0 Å². The summed E-state index contributed by atoms with van der Waals surface area (Å²) in [4.78, 5) is 2.59. The molecule has 0 aromatic heterocycles. The molecular formula is C13H25N. The van der Waals surface area contributed by atoms with Gasteiger partial charge in [-0.15, -0.1) is 0 Å². The maximum atomic E-state index is 2.59. The Morgan fingerprint density at radius 1 is 1.07 bits per heavy atom. The molecule has 2 rings (SSSR count). The van der Waals surface area contributed by atoms with E-state index >= 15 is 0 Å². The van der Waals surface area contributed by atoms with E-state index in [4.69, 9.17) is 0 Å². The van der Waals surface area contributed by atoms with Gasteiger partial charge >= 0.3 is 0 Å². The van der Waals surface area contributed by atoms with E-state index in [0.29, 0.717) is 16.2 Å². The van der Waals surface area contributed by atoms with Gasteiger partial charge in [0.05, 0.1) is 0 Å². The summed E-state index contributed by atoms with van der Waals surface area (Å²) in [5.74, 6) is 0.